The number of aromatic nitrogens is 2. The molecule has 1 aromatic heterocycles. The van der Waals surface area contributed by atoms with Gasteiger partial charge in [0.1, 0.15) is 11.6 Å². The summed E-state index contributed by atoms with van der Waals surface area (Å²) in [6.07, 6.45) is 3.43. The van der Waals surface area contributed by atoms with Crippen molar-refractivity contribution >= 4 is 11.6 Å². The van der Waals surface area contributed by atoms with Gasteiger partial charge in [0.15, 0.2) is 0 Å². The molecule has 2 rings (SSSR count). The molecule has 0 saturated heterocycles. The van der Waals surface area contributed by atoms with Gasteiger partial charge in [0.25, 0.3) is 0 Å². The van der Waals surface area contributed by atoms with E-state index in [2.05, 4.69) is 22.2 Å². The van der Waals surface area contributed by atoms with Gasteiger partial charge in [-0.1, -0.05) is 24.6 Å². The third-order valence-corrected chi connectivity index (χ3v) is 3.53. The van der Waals surface area contributed by atoms with Crippen LogP contribution in [0.5, 0.6) is 0 Å². The second kappa shape index (κ2) is 7.48. The lowest BCUT2D eigenvalue weighted by Crippen LogP contribution is -2.25. The van der Waals surface area contributed by atoms with Gasteiger partial charge in [0.05, 0.1) is 16.8 Å². The summed E-state index contributed by atoms with van der Waals surface area (Å²) < 4.78 is 13.6. The van der Waals surface area contributed by atoms with Crippen LogP contribution in [0.15, 0.2) is 30.5 Å². The molecule has 1 heterocycles. The first-order valence-corrected chi connectivity index (χ1v) is 7.44. The molecule has 5 heteroatoms. The molecule has 0 aliphatic heterocycles. The Morgan fingerprint density at radius 2 is 2.14 bits per heavy atom. The first-order valence-electron chi connectivity index (χ1n) is 7.07. The molecule has 1 aromatic carbocycles. The second-order valence-electron chi connectivity index (χ2n) is 4.99. The highest BCUT2D eigenvalue weighted by atomic mass is 35.5. The third kappa shape index (κ3) is 4.48. The highest BCUT2D eigenvalue weighted by Crippen LogP contribution is 2.21. The molecule has 3 nitrogen and oxygen atoms in total. The monoisotopic (exact) mass is 307 g/mol. The van der Waals surface area contributed by atoms with Crippen LogP contribution in [0.3, 0.4) is 0 Å². The summed E-state index contributed by atoms with van der Waals surface area (Å²) in [6.45, 7) is 4.85. The van der Waals surface area contributed by atoms with Crippen LogP contribution in [0.1, 0.15) is 36.5 Å². The molecule has 21 heavy (non-hydrogen) atoms. The summed E-state index contributed by atoms with van der Waals surface area (Å²) in [6, 6.07) is 6.85. The number of hydrogen-bond donors (Lipinski definition) is 1. The molecule has 0 aliphatic carbocycles. The first-order chi connectivity index (χ1) is 10.1. The lowest BCUT2D eigenvalue weighted by molar-refractivity contribution is 0.514. The minimum absolute atomic E-state index is 0.0345. The SMILES string of the molecule is CCCNC(Cc1ccc(Cl)c(F)c1)c1ccnc(C)n1. The van der Waals surface area contributed by atoms with Gasteiger partial charge in [-0.25, -0.2) is 14.4 Å². The van der Waals surface area contributed by atoms with E-state index >= 15 is 0 Å². The Labute approximate surface area is 129 Å². The van der Waals surface area contributed by atoms with E-state index in [9.17, 15) is 4.39 Å². The zero-order valence-corrected chi connectivity index (χ0v) is 13.0. The van der Waals surface area contributed by atoms with E-state index in [1.54, 1.807) is 12.3 Å². The van der Waals surface area contributed by atoms with Crippen molar-refractivity contribution in [2.45, 2.75) is 32.7 Å². The van der Waals surface area contributed by atoms with E-state index in [-0.39, 0.29) is 16.9 Å². The maximum absolute atomic E-state index is 13.6. The predicted octanol–water partition coefficient (Wildman–Crippen LogP) is 3.86. The first kappa shape index (κ1) is 15.9. The fourth-order valence-corrected chi connectivity index (χ4v) is 2.29. The van der Waals surface area contributed by atoms with Crippen molar-refractivity contribution in [3.63, 3.8) is 0 Å². The minimum atomic E-state index is -0.387. The Morgan fingerprint density at radius 1 is 1.33 bits per heavy atom. The van der Waals surface area contributed by atoms with Crippen molar-refractivity contribution in [1.29, 1.82) is 0 Å². The summed E-state index contributed by atoms with van der Waals surface area (Å²) in [4.78, 5) is 8.59. The average molecular weight is 308 g/mol. The number of halogens is 2. The highest BCUT2D eigenvalue weighted by molar-refractivity contribution is 6.30. The van der Waals surface area contributed by atoms with E-state index in [1.165, 1.54) is 6.07 Å². The molecule has 1 unspecified atom stereocenters. The number of hydrogen-bond acceptors (Lipinski definition) is 3. The number of rotatable bonds is 6. The quantitative estimate of drug-likeness (QED) is 0.880. The Bertz CT molecular complexity index is 604. The third-order valence-electron chi connectivity index (χ3n) is 3.22. The molecule has 0 amide bonds. The Hall–Kier alpha value is -1.52. The summed E-state index contributed by atoms with van der Waals surface area (Å²) in [5.74, 6) is 0.348. The zero-order valence-electron chi connectivity index (χ0n) is 12.2. The van der Waals surface area contributed by atoms with Gasteiger partial charge < -0.3 is 5.32 Å². The van der Waals surface area contributed by atoms with Crippen LogP contribution >= 0.6 is 11.6 Å². The second-order valence-corrected chi connectivity index (χ2v) is 5.40. The number of benzene rings is 1. The molecule has 2 aromatic rings. The van der Waals surface area contributed by atoms with Gasteiger partial charge in [0, 0.05) is 6.20 Å². The Morgan fingerprint density at radius 3 is 2.81 bits per heavy atom. The van der Waals surface area contributed by atoms with E-state index < -0.39 is 0 Å². The van der Waals surface area contributed by atoms with Crippen LogP contribution in [-0.2, 0) is 6.42 Å². The molecule has 0 fully saturated rings. The van der Waals surface area contributed by atoms with E-state index in [0.29, 0.717) is 6.42 Å². The molecule has 0 spiro atoms. The van der Waals surface area contributed by atoms with Crippen molar-refractivity contribution in [2.24, 2.45) is 0 Å². The largest absolute Gasteiger partial charge is 0.308 e. The highest BCUT2D eigenvalue weighted by Gasteiger charge is 2.14. The van der Waals surface area contributed by atoms with Gasteiger partial charge in [-0.3, -0.25) is 0 Å². The maximum atomic E-state index is 13.6. The number of aryl methyl sites for hydroxylation is 1. The van der Waals surface area contributed by atoms with Gasteiger partial charge >= 0.3 is 0 Å². The molecule has 0 aliphatic rings. The average Bonchev–Trinajstić information content (AvgIpc) is 2.47. The lowest BCUT2D eigenvalue weighted by Gasteiger charge is -2.18. The molecule has 1 atom stereocenters. The number of nitrogens with one attached hydrogen (secondary N) is 1. The van der Waals surface area contributed by atoms with Crippen molar-refractivity contribution in [3.05, 3.63) is 58.4 Å². The normalized spacial score (nSPS) is 12.4. The number of nitrogens with zero attached hydrogens (tertiary/aromatic N) is 2. The lowest BCUT2D eigenvalue weighted by atomic mass is 10.0. The van der Waals surface area contributed by atoms with Crippen LogP contribution in [-0.4, -0.2) is 16.5 Å². The van der Waals surface area contributed by atoms with E-state index in [1.807, 2.05) is 19.1 Å². The van der Waals surface area contributed by atoms with Crippen LogP contribution in [0.4, 0.5) is 4.39 Å². The van der Waals surface area contributed by atoms with Gasteiger partial charge in [-0.2, -0.15) is 0 Å². The van der Waals surface area contributed by atoms with Gasteiger partial charge in [0.2, 0.25) is 0 Å². The minimum Gasteiger partial charge on any atom is -0.308 e. The van der Waals surface area contributed by atoms with Crippen molar-refractivity contribution < 1.29 is 4.39 Å². The van der Waals surface area contributed by atoms with E-state index in [0.717, 1.165) is 30.0 Å². The standard InChI is InChI=1S/C16H19ClFN3/c1-3-7-20-16(15-6-8-19-11(2)21-15)10-12-4-5-13(17)14(18)9-12/h4-6,8-9,16,20H,3,7,10H2,1-2H3. The van der Waals surface area contributed by atoms with Crippen molar-refractivity contribution in [1.82, 2.24) is 15.3 Å². The molecule has 0 saturated carbocycles. The summed E-state index contributed by atoms with van der Waals surface area (Å²) in [5, 5.41) is 3.60. The molecule has 112 valence electrons. The van der Waals surface area contributed by atoms with Gasteiger partial charge in [-0.15, -0.1) is 0 Å². The van der Waals surface area contributed by atoms with Crippen molar-refractivity contribution in [2.75, 3.05) is 6.54 Å². The van der Waals surface area contributed by atoms with Crippen LogP contribution < -0.4 is 5.32 Å². The maximum Gasteiger partial charge on any atom is 0.142 e. The smallest absolute Gasteiger partial charge is 0.142 e. The van der Waals surface area contributed by atoms with Crippen LogP contribution in [0, 0.1) is 12.7 Å². The molecule has 0 radical (unpaired) electrons. The molecular formula is C16H19ClFN3. The zero-order chi connectivity index (χ0) is 15.2. The molecule has 1 N–H and O–H groups in total. The summed E-state index contributed by atoms with van der Waals surface area (Å²) in [7, 11) is 0. The summed E-state index contributed by atoms with van der Waals surface area (Å²) in [5.41, 5.74) is 1.81. The van der Waals surface area contributed by atoms with Gasteiger partial charge in [-0.05, 0) is 50.1 Å². The summed E-state index contributed by atoms with van der Waals surface area (Å²) >= 11 is 5.73. The Kier molecular flexibility index (Phi) is 5.65. The molecular weight excluding hydrogens is 289 g/mol. The van der Waals surface area contributed by atoms with Crippen molar-refractivity contribution in [3.8, 4) is 0 Å². The topological polar surface area (TPSA) is 37.8 Å². The van der Waals surface area contributed by atoms with E-state index in [4.69, 9.17) is 11.6 Å². The fourth-order valence-electron chi connectivity index (χ4n) is 2.17. The van der Waals surface area contributed by atoms with Crippen LogP contribution in [0.2, 0.25) is 5.02 Å². The predicted molar refractivity (Wildman–Crippen MR) is 82.9 cm³/mol. The molecule has 0 bridgehead atoms. The fraction of sp³-hybridized carbons (Fsp3) is 0.375. The Balaban J connectivity index is 2.21. The van der Waals surface area contributed by atoms with Crippen LogP contribution in [0.25, 0.3) is 0 Å².